The second-order valence-corrected chi connectivity index (χ2v) is 7.73. The second-order valence-electron chi connectivity index (χ2n) is 6.10. The summed E-state index contributed by atoms with van der Waals surface area (Å²) in [5.41, 5.74) is 7.73. The van der Waals surface area contributed by atoms with Gasteiger partial charge in [0, 0.05) is 10.7 Å². The number of anilines is 1. The molecule has 5 nitrogen and oxygen atoms in total. The highest BCUT2D eigenvalue weighted by atomic mass is 35.5. The number of amides is 2. The quantitative estimate of drug-likeness (QED) is 0.631. The van der Waals surface area contributed by atoms with Crippen LogP contribution in [0.1, 0.15) is 11.1 Å². The van der Waals surface area contributed by atoms with Crippen LogP contribution in [-0.2, 0) is 16.0 Å². The zero-order valence-electron chi connectivity index (χ0n) is 14.5. The molecular formula is C20H16ClN3O2S. The number of nitrogens with zero attached hydrogens (tertiary/aromatic N) is 2. The van der Waals surface area contributed by atoms with E-state index >= 15 is 0 Å². The van der Waals surface area contributed by atoms with Gasteiger partial charge in [-0.25, -0.2) is 0 Å². The molecule has 2 N–H and O–H groups in total. The average molecular weight is 398 g/mol. The van der Waals surface area contributed by atoms with E-state index in [1.54, 1.807) is 24.3 Å². The lowest BCUT2D eigenvalue weighted by atomic mass is 10.1. The highest BCUT2D eigenvalue weighted by Crippen LogP contribution is 2.41. The molecule has 0 aliphatic carbocycles. The minimum Gasteiger partial charge on any atom is -0.365 e. The molecule has 1 heterocycles. The summed E-state index contributed by atoms with van der Waals surface area (Å²) in [6, 6.07) is 16.4. The van der Waals surface area contributed by atoms with Gasteiger partial charge in [-0.05, 0) is 43.2 Å². The van der Waals surface area contributed by atoms with E-state index in [-0.39, 0.29) is 16.5 Å². The molecule has 1 aliphatic rings. The van der Waals surface area contributed by atoms with Crippen LogP contribution >= 0.6 is 23.4 Å². The lowest BCUT2D eigenvalue weighted by molar-refractivity contribution is -0.117. The van der Waals surface area contributed by atoms with E-state index in [1.165, 1.54) is 16.7 Å². The molecule has 0 saturated carbocycles. The van der Waals surface area contributed by atoms with E-state index in [2.05, 4.69) is 0 Å². The Morgan fingerprint density at radius 2 is 1.85 bits per heavy atom. The van der Waals surface area contributed by atoms with Gasteiger partial charge in [0.05, 0.1) is 5.25 Å². The van der Waals surface area contributed by atoms with Crippen LogP contribution in [0.25, 0.3) is 0 Å². The molecule has 2 aromatic rings. The van der Waals surface area contributed by atoms with Gasteiger partial charge in [0.15, 0.2) is 0 Å². The van der Waals surface area contributed by atoms with E-state index in [1.807, 2.05) is 37.3 Å². The minimum absolute atomic E-state index is 0.192. The SMILES string of the molecule is Cc1ccc(N2C(=O)C(Cc3ccc(Cl)cc3)S/C2=C(/C#N)C(N)=O)cc1. The van der Waals surface area contributed by atoms with Crippen LogP contribution in [0.4, 0.5) is 5.69 Å². The van der Waals surface area contributed by atoms with Crippen LogP contribution in [0.15, 0.2) is 59.1 Å². The lowest BCUT2D eigenvalue weighted by Gasteiger charge is -2.18. The molecule has 1 aliphatic heterocycles. The van der Waals surface area contributed by atoms with Gasteiger partial charge in [-0.2, -0.15) is 5.26 Å². The van der Waals surface area contributed by atoms with Gasteiger partial charge < -0.3 is 5.73 Å². The Hall–Kier alpha value is -2.75. The van der Waals surface area contributed by atoms with Gasteiger partial charge in [0.1, 0.15) is 16.7 Å². The molecule has 136 valence electrons. The van der Waals surface area contributed by atoms with Gasteiger partial charge in [-0.1, -0.05) is 53.2 Å². The average Bonchev–Trinajstić information content (AvgIpc) is 2.94. The maximum atomic E-state index is 13.1. The fourth-order valence-electron chi connectivity index (χ4n) is 2.76. The topological polar surface area (TPSA) is 87.2 Å². The molecule has 2 aromatic carbocycles. The maximum Gasteiger partial charge on any atom is 0.262 e. The molecule has 0 bridgehead atoms. The third kappa shape index (κ3) is 4.00. The fourth-order valence-corrected chi connectivity index (χ4v) is 4.21. The van der Waals surface area contributed by atoms with Crippen molar-refractivity contribution in [3.05, 3.63) is 75.3 Å². The first-order valence-electron chi connectivity index (χ1n) is 8.16. The van der Waals surface area contributed by atoms with Gasteiger partial charge in [0.2, 0.25) is 5.91 Å². The fraction of sp³-hybridized carbons (Fsp3) is 0.150. The minimum atomic E-state index is -0.850. The van der Waals surface area contributed by atoms with Gasteiger partial charge >= 0.3 is 0 Å². The summed E-state index contributed by atoms with van der Waals surface area (Å²) >= 11 is 7.10. The summed E-state index contributed by atoms with van der Waals surface area (Å²) in [6.07, 6.45) is 0.448. The van der Waals surface area contributed by atoms with Crippen molar-refractivity contribution in [3.63, 3.8) is 0 Å². The Morgan fingerprint density at radius 3 is 2.41 bits per heavy atom. The first-order valence-corrected chi connectivity index (χ1v) is 9.42. The van der Waals surface area contributed by atoms with Gasteiger partial charge in [-0.3, -0.25) is 14.5 Å². The Morgan fingerprint density at radius 1 is 1.22 bits per heavy atom. The van der Waals surface area contributed by atoms with Crippen molar-refractivity contribution >= 4 is 40.9 Å². The summed E-state index contributed by atoms with van der Waals surface area (Å²) in [5, 5.41) is 9.81. The second kappa shape index (κ2) is 7.87. The smallest absolute Gasteiger partial charge is 0.262 e. The van der Waals surface area contributed by atoms with Crippen LogP contribution in [0.3, 0.4) is 0 Å². The number of primary amides is 1. The molecular weight excluding hydrogens is 382 g/mol. The number of hydrogen-bond donors (Lipinski definition) is 1. The Bertz CT molecular complexity index is 962. The lowest BCUT2D eigenvalue weighted by Crippen LogP contribution is -2.31. The molecule has 0 radical (unpaired) electrons. The highest BCUT2D eigenvalue weighted by molar-refractivity contribution is 8.05. The standard InChI is InChI=1S/C20H16ClN3O2S/c1-12-2-8-15(9-3-12)24-19(26)17(10-13-4-6-14(21)7-5-13)27-20(24)16(11-22)18(23)25/h2-9,17H,10H2,1H3,(H2,23,25)/b20-16-. The molecule has 7 heteroatoms. The van der Waals surface area contributed by atoms with Crippen LogP contribution in [0.2, 0.25) is 5.02 Å². The summed E-state index contributed by atoms with van der Waals surface area (Å²) in [5.74, 6) is -1.04. The van der Waals surface area contributed by atoms with Crippen LogP contribution < -0.4 is 10.6 Å². The largest absolute Gasteiger partial charge is 0.365 e. The number of rotatable bonds is 4. The first-order chi connectivity index (χ1) is 12.9. The Kier molecular flexibility index (Phi) is 5.54. The molecule has 1 fully saturated rings. The normalized spacial score (nSPS) is 18.3. The van der Waals surface area contributed by atoms with E-state index < -0.39 is 11.2 Å². The van der Waals surface area contributed by atoms with E-state index in [4.69, 9.17) is 17.3 Å². The van der Waals surface area contributed by atoms with Crippen molar-refractivity contribution < 1.29 is 9.59 Å². The zero-order valence-corrected chi connectivity index (χ0v) is 16.1. The summed E-state index contributed by atoms with van der Waals surface area (Å²) in [7, 11) is 0. The Labute approximate surface area is 166 Å². The Balaban J connectivity index is 2.01. The summed E-state index contributed by atoms with van der Waals surface area (Å²) in [6.45, 7) is 1.94. The first kappa shape index (κ1) is 19.0. The molecule has 1 unspecified atom stereocenters. The van der Waals surface area contributed by atoms with Crippen molar-refractivity contribution in [2.75, 3.05) is 4.90 Å². The van der Waals surface area contributed by atoms with Crippen molar-refractivity contribution in [2.45, 2.75) is 18.6 Å². The summed E-state index contributed by atoms with van der Waals surface area (Å²) < 4.78 is 0. The van der Waals surface area contributed by atoms with Crippen molar-refractivity contribution in [2.24, 2.45) is 5.73 Å². The number of hydrogen-bond acceptors (Lipinski definition) is 4. The molecule has 27 heavy (non-hydrogen) atoms. The number of halogens is 1. The number of nitriles is 1. The van der Waals surface area contributed by atoms with Gasteiger partial charge in [0.25, 0.3) is 5.91 Å². The van der Waals surface area contributed by atoms with Crippen LogP contribution in [-0.4, -0.2) is 17.1 Å². The number of carbonyl (C=O) groups is 2. The van der Waals surface area contributed by atoms with E-state index in [0.717, 1.165) is 11.1 Å². The molecule has 0 aromatic heterocycles. The van der Waals surface area contributed by atoms with E-state index in [9.17, 15) is 14.9 Å². The molecule has 1 saturated heterocycles. The van der Waals surface area contributed by atoms with E-state index in [0.29, 0.717) is 17.1 Å². The molecule has 1 atom stereocenters. The van der Waals surface area contributed by atoms with Crippen molar-refractivity contribution in [1.29, 1.82) is 5.26 Å². The zero-order chi connectivity index (χ0) is 19.6. The predicted octanol–water partition coefficient (Wildman–Crippen LogP) is 3.56. The number of nitrogens with two attached hydrogens (primary N) is 1. The highest BCUT2D eigenvalue weighted by Gasteiger charge is 2.40. The van der Waals surface area contributed by atoms with Crippen molar-refractivity contribution in [1.82, 2.24) is 0 Å². The number of carbonyl (C=O) groups excluding carboxylic acids is 2. The molecule has 3 rings (SSSR count). The molecule has 2 amide bonds. The number of benzene rings is 2. The van der Waals surface area contributed by atoms with Crippen LogP contribution in [0.5, 0.6) is 0 Å². The van der Waals surface area contributed by atoms with Crippen molar-refractivity contribution in [3.8, 4) is 6.07 Å². The van der Waals surface area contributed by atoms with Crippen LogP contribution in [0, 0.1) is 18.3 Å². The predicted molar refractivity (Wildman–Crippen MR) is 107 cm³/mol. The maximum absolute atomic E-state index is 13.1. The monoisotopic (exact) mass is 397 g/mol. The third-order valence-electron chi connectivity index (χ3n) is 4.15. The third-order valence-corrected chi connectivity index (χ3v) is 5.67. The van der Waals surface area contributed by atoms with Gasteiger partial charge in [-0.15, -0.1) is 0 Å². The number of thioether (sulfide) groups is 1. The molecule has 0 spiro atoms. The summed E-state index contributed by atoms with van der Waals surface area (Å²) in [4.78, 5) is 26.2. The number of aryl methyl sites for hydroxylation is 1.